The summed E-state index contributed by atoms with van der Waals surface area (Å²) in [6.07, 6.45) is 0.828. The van der Waals surface area contributed by atoms with Gasteiger partial charge in [-0.15, -0.1) is 0 Å². The molecule has 0 amide bonds. The highest BCUT2D eigenvalue weighted by Gasteiger charge is 2.22. The maximum absolute atomic E-state index is 11.8. The Morgan fingerprint density at radius 1 is 1.21 bits per heavy atom. The quantitative estimate of drug-likeness (QED) is 0.337. The van der Waals surface area contributed by atoms with Crippen molar-refractivity contribution in [1.29, 1.82) is 0 Å². The topological polar surface area (TPSA) is 61.8 Å². The zero-order chi connectivity index (χ0) is 10.9. The molecule has 0 rings (SSSR count). The van der Waals surface area contributed by atoms with Crippen LogP contribution in [0.4, 0.5) is 0 Å². The number of ether oxygens (including phenoxy) is 1. The first-order valence-corrected chi connectivity index (χ1v) is 6.30. The van der Waals surface area contributed by atoms with Gasteiger partial charge in [0.2, 0.25) is 0 Å². The Hall–Kier alpha value is -0.220. The first-order chi connectivity index (χ1) is 6.68. The summed E-state index contributed by atoms with van der Waals surface area (Å²) < 4.78 is 26.7. The summed E-state index contributed by atoms with van der Waals surface area (Å²) in [5, 5.41) is 0. The van der Waals surface area contributed by atoms with E-state index in [9.17, 15) is 9.36 Å². The summed E-state index contributed by atoms with van der Waals surface area (Å²) in [6.45, 7) is 4.39. The van der Waals surface area contributed by atoms with E-state index < -0.39 is 7.60 Å². The SMILES string of the molecule is CCOP(=O)(CCOCC=O)OCC. The molecule has 0 aliphatic carbocycles. The maximum Gasteiger partial charge on any atom is 0.332 e. The zero-order valence-electron chi connectivity index (χ0n) is 8.60. The molecule has 0 aromatic heterocycles. The van der Waals surface area contributed by atoms with Gasteiger partial charge in [0.15, 0.2) is 0 Å². The molecule has 0 unspecified atom stereocenters. The lowest BCUT2D eigenvalue weighted by atomic mass is 10.8. The van der Waals surface area contributed by atoms with E-state index in [0.29, 0.717) is 19.5 Å². The largest absolute Gasteiger partial charge is 0.373 e. The lowest BCUT2D eigenvalue weighted by molar-refractivity contribution is -0.111. The van der Waals surface area contributed by atoms with Crippen molar-refractivity contribution in [3.63, 3.8) is 0 Å². The monoisotopic (exact) mass is 224 g/mol. The van der Waals surface area contributed by atoms with Crippen LogP contribution in [-0.2, 0) is 23.1 Å². The Labute approximate surface area is 84.3 Å². The maximum atomic E-state index is 11.8. The molecular formula is C8H17O5P. The van der Waals surface area contributed by atoms with Crippen molar-refractivity contribution in [2.75, 3.05) is 32.6 Å². The number of rotatable bonds is 9. The van der Waals surface area contributed by atoms with Crippen LogP contribution >= 0.6 is 7.60 Å². The Morgan fingerprint density at radius 2 is 1.79 bits per heavy atom. The molecule has 0 bridgehead atoms. The molecule has 0 heterocycles. The van der Waals surface area contributed by atoms with Crippen LogP contribution in [0.3, 0.4) is 0 Å². The predicted molar refractivity (Wildman–Crippen MR) is 52.6 cm³/mol. The van der Waals surface area contributed by atoms with Crippen LogP contribution < -0.4 is 0 Å². The second-order valence-electron chi connectivity index (χ2n) is 2.41. The van der Waals surface area contributed by atoms with Gasteiger partial charge in [-0.3, -0.25) is 4.57 Å². The van der Waals surface area contributed by atoms with Crippen molar-refractivity contribution < 1.29 is 23.1 Å². The van der Waals surface area contributed by atoms with Crippen molar-refractivity contribution >= 4 is 13.9 Å². The van der Waals surface area contributed by atoms with Crippen LogP contribution in [0.15, 0.2) is 0 Å². The van der Waals surface area contributed by atoms with Gasteiger partial charge in [-0.25, -0.2) is 0 Å². The summed E-state index contributed by atoms with van der Waals surface area (Å²) in [5.74, 6) is 0. The standard InChI is InChI=1S/C8H17O5P/c1-3-12-14(10,13-4-2)8-7-11-6-5-9/h5H,3-4,6-8H2,1-2H3. The molecule has 5 nitrogen and oxygen atoms in total. The first kappa shape index (κ1) is 13.8. The highest BCUT2D eigenvalue weighted by Crippen LogP contribution is 2.47. The van der Waals surface area contributed by atoms with Gasteiger partial charge < -0.3 is 18.6 Å². The molecule has 0 saturated carbocycles. The molecule has 14 heavy (non-hydrogen) atoms. The lowest BCUT2D eigenvalue weighted by Crippen LogP contribution is -2.07. The van der Waals surface area contributed by atoms with Crippen LogP contribution in [0.2, 0.25) is 0 Å². The number of carbonyl (C=O) groups is 1. The van der Waals surface area contributed by atoms with E-state index in [-0.39, 0.29) is 19.4 Å². The van der Waals surface area contributed by atoms with Crippen LogP contribution in [0.5, 0.6) is 0 Å². The number of hydrogen-bond donors (Lipinski definition) is 0. The third kappa shape index (κ3) is 6.27. The molecule has 0 spiro atoms. The summed E-state index contributed by atoms with van der Waals surface area (Å²) >= 11 is 0. The molecule has 0 aliphatic heterocycles. The van der Waals surface area contributed by atoms with E-state index in [2.05, 4.69) is 0 Å². The molecule has 0 atom stereocenters. The van der Waals surface area contributed by atoms with Gasteiger partial charge >= 0.3 is 7.60 Å². The molecule has 0 aromatic carbocycles. The van der Waals surface area contributed by atoms with E-state index in [0.717, 1.165) is 0 Å². The van der Waals surface area contributed by atoms with Crippen LogP contribution in [-0.4, -0.2) is 38.9 Å². The van der Waals surface area contributed by atoms with E-state index in [1.807, 2.05) is 0 Å². The normalized spacial score (nSPS) is 11.6. The number of carbonyl (C=O) groups excluding carboxylic acids is 1. The Morgan fingerprint density at radius 3 is 2.21 bits per heavy atom. The zero-order valence-corrected chi connectivity index (χ0v) is 9.50. The molecule has 0 aliphatic rings. The summed E-state index contributed by atoms with van der Waals surface area (Å²) in [6, 6.07) is 0. The number of aldehydes is 1. The van der Waals surface area contributed by atoms with E-state index in [1.165, 1.54) is 0 Å². The van der Waals surface area contributed by atoms with Crippen LogP contribution in [0.1, 0.15) is 13.8 Å². The van der Waals surface area contributed by atoms with Gasteiger partial charge in [-0.1, -0.05) is 0 Å². The summed E-state index contributed by atoms with van der Waals surface area (Å²) in [7, 11) is -3.00. The van der Waals surface area contributed by atoms with Gasteiger partial charge in [-0.2, -0.15) is 0 Å². The molecule has 6 heteroatoms. The second kappa shape index (κ2) is 8.12. The third-order valence-electron chi connectivity index (χ3n) is 1.35. The predicted octanol–water partition coefficient (Wildman–Crippen LogP) is 1.47. The van der Waals surface area contributed by atoms with Crippen molar-refractivity contribution in [3.8, 4) is 0 Å². The fraction of sp³-hybridized carbons (Fsp3) is 0.875. The third-order valence-corrected chi connectivity index (χ3v) is 3.38. The average molecular weight is 224 g/mol. The van der Waals surface area contributed by atoms with Gasteiger partial charge in [0, 0.05) is 0 Å². The Balaban J connectivity index is 3.83. The minimum Gasteiger partial charge on any atom is -0.373 e. The fourth-order valence-corrected chi connectivity index (χ4v) is 2.34. The van der Waals surface area contributed by atoms with Crippen molar-refractivity contribution in [2.24, 2.45) is 0 Å². The first-order valence-electron chi connectivity index (χ1n) is 4.58. The van der Waals surface area contributed by atoms with E-state index >= 15 is 0 Å². The molecule has 84 valence electrons. The van der Waals surface area contributed by atoms with Crippen molar-refractivity contribution in [2.45, 2.75) is 13.8 Å². The number of hydrogen-bond acceptors (Lipinski definition) is 5. The molecule has 0 saturated heterocycles. The smallest absolute Gasteiger partial charge is 0.332 e. The van der Waals surface area contributed by atoms with Gasteiger partial charge in [0.05, 0.1) is 26.0 Å². The van der Waals surface area contributed by atoms with E-state index in [4.69, 9.17) is 13.8 Å². The lowest BCUT2D eigenvalue weighted by Gasteiger charge is -2.16. The van der Waals surface area contributed by atoms with Crippen molar-refractivity contribution in [3.05, 3.63) is 0 Å². The molecular weight excluding hydrogens is 207 g/mol. The molecule has 0 fully saturated rings. The van der Waals surface area contributed by atoms with Gasteiger partial charge in [0.25, 0.3) is 0 Å². The Bertz CT molecular complexity index is 184. The Kier molecular flexibility index (Phi) is 7.99. The van der Waals surface area contributed by atoms with Gasteiger partial charge in [-0.05, 0) is 13.8 Å². The van der Waals surface area contributed by atoms with Crippen molar-refractivity contribution in [1.82, 2.24) is 0 Å². The minimum atomic E-state index is -3.00. The summed E-state index contributed by atoms with van der Waals surface area (Å²) in [4.78, 5) is 9.92. The van der Waals surface area contributed by atoms with Crippen LogP contribution in [0.25, 0.3) is 0 Å². The molecule has 0 N–H and O–H groups in total. The minimum absolute atomic E-state index is 0.0122. The molecule has 0 radical (unpaired) electrons. The molecule has 0 aromatic rings. The average Bonchev–Trinajstić information content (AvgIpc) is 2.13. The van der Waals surface area contributed by atoms with Crippen LogP contribution in [0, 0.1) is 0 Å². The van der Waals surface area contributed by atoms with Gasteiger partial charge in [0.1, 0.15) is 12.9 Å². The highest BCUT2D eigenvalue weighted by molar-refractivity contribution is 7.53. The second-order valence-corrected chi connectivity index (χ2v) is 4.60. The highest BCUT2D eigenvalue weighted by atomic mass is 31.2. The fourth-order valence-electron chi connectivity index (χ4n) is 0.868. The summed E-state index contributed by atoms with van der Waals surface area (Å²) in [5.41, 5.74) is 0. The van der Waals surface area contributed by atoms with E-state index in [1.54, 1.807) is 13.8 Å².